The normalized spacial score (nSPS) is 17.5. The number of thiazole rings is 1. The third-order valence-corrected chi connectivity index (χ3v) is 8.77. The largest absolute Gasteiger partial charge is 0.417 e. The fourth-order valence-corrected chi connectivity index (χ4v) is 6.48. The van der Waals surface area contributed by atoms with Crippen LogP contribution in [0.25, 0.3) is 32.0 Å². The molecule has 5 nitrogen and oxygen atoms in total. The van der Waals surface area contributed by atoms with Crippen LogP contribution < -0.4 is 0 Å². The Hall–Kier alpha value is -3.83. The molecule has 2 aromatic heterocycles. The predicted molar refractivity (Wildman–Crippen MR) is 147 cm³/mol. The van der Waals surface area contributed by atoms with Gasteiger partial charge >= 0.3 is 6.18 Å². The summed E-state index contributed by atoms with van der Waals surface area (Å²) in [6, 6.07) is 13.5. The second-order valence-corrected chi connectivity index (χ2v) is 11.4. The van der Waals surface area contributed by atoms with Gasteiger partial charge in [-0.25, -0.2) is 18.7 Å². The van der Waals surface area contributed by atoms with Gasteiger partial charge in [0.25, 0.3) is 5.91 Å². The van der Waals surface area contributed by atoms with Crippen molar-refractivity contribution >= 4 is 39.9 Å². The zero-order valence-electron chi connectivity index (χ0n) is 21.3. The molecule has 1 fully saturated rings. The number of H-pyrrole nitrogens is 1. The molecule has 3 aromatic carbocycles. The lowest BCUT2D eigenvalue weighted by atomic mass is 9.97. The lowest BCUT2D eigenvalue weighted by Gasteiger charge is -2.33. The molecule has 1 saturated heterocycles. The van der Waals surface area contributed by atoms with Crippen molar-refractivity contribution in [1.29, 1.82) is 0 Å². The van der Waals surface area contributed by atoms with Crippen LogP contribution in [0.5, 0.6) is 0 Å². The Morgan fingerprint density at radius 1 is 1.00 bits per heavy atom. The van der Waals surface area contributed by atoms with Gasteiger partial charge in [0.1, 0.15) is 28.2 Å². The summed E-state index contributed by atoms with van der Waals surface area (Å²) in [6.07, 6.45) is -3.52. The molecular weight excluding hydrogens is 583 g/mol. The molecule has 0 saturated carbocycles. The summed E-state index contributed by atoms with van der Waals surface area (Å²) in [6.45, 7) is 2.15. The summed E-state index contributed by atoms with van der Waals surface area (Å²) < 4.78 is 67.6. The van der Waals surface area contributed by atoms with Gasteiger partial charge in [0.2, 0.25) is 0 Å². The molecule has 3 heterocycles. The number of aromatic nitrogens is 3. The number of likely N-dealkylation sites (tertiary alicyclic amines) is 1. The number of halogens is 6. The van der Waals surface area contributed by atoms with E-state index in [-0.39, 0.29) is 16.7 Å². The number of nitrogens with zero attached hydrogens (tertiary/aromatic N) is 3. The molecule has 41 heavy (non-hydrogen) atoms. The molecular formula is C29H20ClF5N4OS. The summed E-state index contributed by atoms with van der Waals surface area (Å²) in [5.41, 5.74) is -0.245. The van der Waals surface area contributed by atoms with Crippen LogP contribution in [0.4, 0.5) is 22.0 Å². The van der Waals surface area contributed by atoms with Crippen molar-refractivity contribution in [2.24, 2.45) is 0 Å². The van der Waals surface area contributed by atoms with Gasteiger partial charge in [-0.15, -0.1) is 11.3 Å². The maximum absolute atomic E-state index is 14.2. The first kappa shape index (κ1) is 27.3. The Morgan fingerprint density at radius 2 is 1.63 bits per heavy atom. The van der Waals surface area contributed by atoms with Gasteiger partial charge in [0.05, 0.1) is 32.0 Å². The Balaban J connectivity index is 1.43. The Labute approximate surface area is 239 Å². The third kappa shape index (κ3) is 4.87. The van der Waals surface area contributed by atoms with Gasteiger partial charge in [-0.2, -0.15) is 13.2 Å². The van der Waals surface area contributed by atoms with Crippen molar-refractivity contribution < 1.29 is 26.7 Å². The first-order valence-corrected chi connectivity index (χ1v) is 13.7. The molecule has 0 radical (unpaired) electrons. The van der Waals surface area contributed by atoms with Gasteiger partial charge in [-0.05, 0) is 73.9 Å². The van der Waals surface area contributed by atoms with Crippen LogP contribution in [0.15, 0.2) is 60.7 Å². The number of imidazole rings is 1. The number of hydrogen-bond acceptors (Lipinski definition) is 4. The molecule has 1 unspecified atom stereocenters. The van der Waals surface area contributed by atoms with Crippen molar-refractivity contribution in [3.05, 3.63) is 94.4 Å². The summed E-state index contributed by atoms with van der Waals surface area (Å²) in [5.74, 6) is -0.937. The molecule has 5 aromatic rings. The number of carbonyl (C=O) groups excluding carboxylic acids is 1. The smallest absolute Gasteiger partial charge is 0.340 e. The van der Waals surface area contributed by atoms with E-state index in [1.54, 1.807) is 36.1 Å². The van der Waals surface area contributed by atoms with Crippen LogP contribution in [0.1, 0.15) is 41.6 Å². The van der Waals surface area contributed by atoms with E-state index in [2.05, 4.69) is 15.0 Å². The van der Waals surface area contributed by atoms with Crippen LogP contribution in [-0.2, 0) is 11.7 Å². The van der Waals surface area contributed by atoms with Gasteiger partial charge in [0, 0.05) is 12.1 Å². The number of carbonyl (C=O) groups is 1. The standard InChI is InChI=1S/C29H20ClF5N4OS/c1-28(27-36-21-13-19(29(33,34)35)20(30)14-22(21)37-27)11-2-12-39(28)26(40)23-24(15-3-7-17(31)8-4-15)41-25(38-23)16-5-9-18(32)10-6-16/h3-10,13-14H,2,11-12H2,1H3,(H,36,37). The molecule has 1 N–H and O–H groups in total. The van der Waals surface area contributed by atoms with Crippen molar-refractivity contribution in [2.75, 3.05) is 6.54 Å². The maximum Gasteiger partial charge on any atom is 0.417 e. The second-order valence-electron chi connectivity index (χ2n) is 9.98. The van der Waals surface area contributed by atoms with E-state index >= 15 is 0 Å². The van der Waals surface area contributed by atoms with E-state index in [0.717, 1.165) is 12.1 Å². The predicted octanol–water partition coefficient (Wildman–Crippen LogP) is 8.46. The van der Waals surface area contributed by atoms with Gasteiger partial charge in [-0.3, -0.25) is 4.79 Å². The highest BCUT2D eigenvalue weighted by molar-refractivity contribution is 7.18. The van der Waals surface area contributed by atoms with Gasteiger partial charge < -0.3 is 9.88 Å². The highest BCUT2D eigenvalue weighted by atomic mass is 35.5. The molecule has 1 aliphatic heterocycles. The van der Waals surface area contributed by atoms with E-state index in [0.29, 0.717) is 46.2 Å². The van der Waals surface area contributed by atoms with E-state index in [4.69, 9.17) is 11.6 Å². The van der Waals surface area contributed by atoms with E-state index in [1.165, 1.54) is 35.6 Å². The van der Waals surface area contributed by atoms with Gasteiger partial charge in [0.15, 0.2) is 0 Å². The Bertz CT molecular complexity index is 1780. The van der Waals surface area contributed by atoms with Gasteiger partial charge in [-0.1, -0.05) is 23.7 Å². The minimum atomic E-state index is -4.64. The highest BCUT2D eigenvalue weighted by Gasteiger charge is 2.45. The zero-order chi connectivity index (χ0) is 29.1. The van der Waals surface area contributed by atoms with Crippen molar-refractivity contribution in [2.45, 2.75) is 31.5 Å². The molecule has 1 amide bonds. The zero-order valence-corrected chi connectivity index (χ0v) is 22.9. The topological polar surface area (TPSA) is 61.9 Å². The number of rotatable bonds is 4. The first-order valence-electron chi connectivity index (χ1n) is 12.6. The monoisotopic (exact) mass is 602 g/mol. The molecule has 6 rings (SSSR count). The summed E-state index contributed by atoms with van der Waals surface area (Å²) in [7, 11) is 0. The molecule has 0 aliphatic carbocycles. The number of fused-ring (bicyclic) bond motifs is 1. The minimum absolute atomic E-state index is 0.132. The summed E-state index contributed by atoms with van der Waals surface area (Å²) in [4.78, 5) is 28.4. The number of nitrogens with one attached hydrogen (secondary N) is 1. The molecule has 12 heteroatoms. The van der Waals surface area contributed by atoms with E-state index in [1.807, 2.05) is 0 Å². The first-order chi connectivity index (χ1) is 19.4. The summed E-state index contributed by atoms with van der Waals surface area (Å²) >= 11 is 7.13. The molecule has 1 aliphatic rings. The maximum atomic E-state index is 14.2. The number of amides is 1. The quantitative estimate of drug-likeness (QED) is 0.210. The van der Waals surface area contributed by atoms with Crippen LogP contribution in [0.3, 0.4) is 0 Å². The van der Waals surface area contributed by atoms with E-state index in [9.17, 15) is 26.7 Å². The number of hydrogen-bond donors (Lipinski definition) is 1. The molecule has 210 valence electrons. The average molecular weight is 603 g/mol. The summed E-state index contributed by atoms with van der Waals surface area (Å²) in [5, 5.41) is 0.0129. The van der Waals surface area contributed by atoms with Crippen molar-refractivity contribution in [3.63, 3.8) is 0 Å². The number of benzene rings is 3. The fourth-order valence-electron chi connectivity index (χ4n) is 5.14. The van der Waals surface area contributed by atoms with Crippen molar-refractivity contribution in [1.82, 2.24) is 19.9 Å². The Kier molecular flexibility index (Phi) is 6.61. The lowest BCUT2D eigenvalue weighted by Crippen LogP contribution is -2.44. The average Bonchev–Trinajstić information content (AvgIpc) is 3.65. The molecule has 1 atom stereocenters. The lowest BCUT2D eigenvalue weighted by molar-refractivity contribution is -0.137. The van der Waals surface area contributed by atoms with Crippen LogP contribution in [0, 0.1) is 11.6 Å². The number of alkyl halides is 3. The number of aromatic amines is 1. The SMILES string of the molecule is CC1(c2nc3cc(Cl)c(C(F)(F)F)cc3[nH]2)CCCN1C(=O)c1nc(-c2ccc(F)cc2)sc1-c1ccc(F)cc1. The van der Waals surface area contributed by atoms with Crippen LogP contribution in [-0.4, -0.2) is 32.3 Å². The minimum Gasteiger partial charge on any atom is -0.340 e. The Morgan fingerprint density at radius 3 is 2.27 bits per heavy atom. The van der Waals surface area contributed by atoms with Crippen molar-refractivity contribution in [3.8, 4) is 21.0 Å². The second kappa shape index (κ2) is 9.92. The fraction of sp³-hybridized carbons (Fsp3) is 0.207. The molecule has 0 bridgehead atoms. The molecule has 0 spiro atoms. The van der Waals surface area contributed by atoms with Crippen LogP contribution in [0.2, 0.25) is 5.02 Å². The van der Waals surface area contributed by atoms with Crippen LogP contribution >= 0.6 is 22.9 Å². The van der Waals surface area contributed by atoms with E-state index < -0.39 is 39.8 Å². The highest BCUT2D eigenvalue weighted by Crippen LogP contribution is 2.43. The third-order valence-electron chi connectivity index (χ3n) is 7.30.